The predicted octanol–water partition coefficient (Wildman–Crippen LogP) is 0.458. The van der Waals surface area contributed by atoms with Gasteiger partial charge in [-0.15, -0.1) is 0 Å². The third-order valence-corrected chi connectivity index (χ3v) is 4.05. The number of hydrogen-bond acceptors (Lipinski definition) is 5. The molecule has 124 valence electrons. The van der Waals surface area contributed by atoms with Gasteiger partial charge < -0.3 is 21.1 Å². The maximum Gasteiger partial charge on any atom is 0.340 e. The van der Waals surface area contributed by atoms with Gasteiger partial charge in [0.15, 0.2) is 6.61 Å². The van der Waals surface area contributed by atoms with Crippen LogP contribution in [0.1, 0.15) is 28.8 Å². The topological polar surface area (TPSA) is 116 Å². The molecular formula is C16H21N3O4. The molecule has 4 N–H and O–H groups in total. The van der Waals surface area contributed by atoms with Gasteiger partial charge in [-0.25, -0.2) is 4.79 Å². The van der Waals surface area contributed by atoms with Crippen LogP contribution in [0.15, 0.2) is 18.2 Å². The van der Waals surface area contributed by atoms with Gasteiger partial charge in [-0.05, 0) is 31.4 Å². The SMILES string of the molecule is Cc1cccc(C(=O)OCC(=O)N2CCC[C@H](C(N)=O)C2)c1N. The number of piperidine rings is 1. The fourth-order valence-corrected chi connectivity index (χ4v) is 2.59. The van der Waals surface area contributed by atoms with Crippen LogP contribution < -0.4 is 11.5 Å². The van der Waals surface area contributed by atoms with Crippen molar-refractivity contribution in [1.29, 1.82) is 0 Å². The van der Waals surface area contributed by atoms with Crippen molar-refractivity contribution in [2.75, 3.05) is 25.4 Å². The van der Waals surface area contributed by atoms with E-state index in [-0.39, 0.29) is 30.5 Å². The molecule has 1 fully saturated rings. The molecular weight excluding hydrogens is 298 g/mol. The summed E-state index contributed by atoms with van der Waals surface area (Å²) < 4.78 is 5.05. The Balaban J connectivity index is 1.92. The molecule has 1 aromatic carbocycles. The summed E-state index contributed by atoms with van der Waals surface area (Å²) >= 11 is 0. The number of primary amides is 1. The van der Waals surface area contributed by atoms with E-state index in [1.165, 1.54) is 4.90 Å². The molecule has 1 atom stereocenters. The Labute approximate surface area is 134 Å². The minimum absolute atomic E-state index is 0.242. The van der Waals surface area contributed by atoms with Crippen molar-refractivity contribution < 1.29 is 19.1 Å². The summed E-state index contributed by atoms with van der Waals surface area (Å²) in [5, 5.41) is 0. The van der Waals surface area contributed by atoms with Crippen molar-refractivity contribution in [2.24, 2.45) is 11.7 Å². The van der Waals surface area contributed by atoms with E-state index in [1.54, 1.807) is 25.1 Å². The molecule has 2 amide bonds. The zero-order valence-electron chi connectivity index (χ0n) is 13.1. The Bertz CT molecular complexity index is 630. The molecule has 0 saturated carbocycles. The lowest BCUT2D eigenvalue weighted by Crippen LogP contribution is -2.45. The van der Waals surface area contributed by atoms with Crippen LogP contribution in [-0.4, -0.2) is 42.4 Å². The highest BCUT2D eigenvalue weighted by Gasteiger charge is 2.27. The number of para-hydroxylation sites is 1. The molecule has 0 radical (unpaired) electrons. The van der Waals surface area contributed by atoms with Gasteiger partial charge in [0.05, 0.1) is 11.5 Å². The van der Waals surface area contributed by atoms with Crippen molar-refractivity contribution in [3.05, 3.63) is 29.3 Å². The van der Waals surface area contributed by atoms with E-state index in [4.69, 9.17) is 16.2 Å². The molecule has 0 bridgehead atoms. The Morgan fingerprint density at radius 3 is 2.78 bits per heavy atom. The van der Waals surface area contributed by atoms with Crippen LogP contribution in [0.3, 0.4) is 0 Å². The summed E-state index contributed by atoms with van der Waals surface area (Å²) in [6.07, 6.45) is 1.39. The molecule has 7 heteroatoms. The molecule has 0 unspecified atom stereocenters. The van der Waals surface area contributed by atoms with E-state index in [0.29, 0.717) is 25.1 Å². The second kappa shape index (κ2) is 7.13. The first kappa shape index (κ1) is 16.8. The lowest BCUT2D eigenvalue weighted by molar-refractivity contribution is -0.137. The number of rotatable bonds is 4. The van der Waals surface area contributed by atoms with Gasteiger partial charge in [-0.1, -0.05) is 12.1 Å². The van der Waals surface area contributed by atoms with Crippen LogP contribution in [0.4, 0.5) is 5.69 Å². The highest BCUT2D eigenvalue weighted by atomic mass is 16.5. The lowest BCUT2D eigenvalue weighted by Gasteiger charge is -2.31. The summed E-state index contributed by atoms with van der Waals surface area (Å²) in [6, 6.07) is 5.04. The van der Waals surface area contributed by atoms with Gasteiger partial charge in [0, 0.05) is 18.8 Å². The van der Waals surface area contributed by atoms with Gasteiger partial charge >= 0.3 is 5.97 Å². The van der Waals surface area contributed by atoms with Crippen LogP contribution >= 0.6 is 0 Å². The van der Waals surface area contributed by atoms with Crippen LogP contribution in [-0.2, 0) is 14.3 Å². The smallest absolute Gasteiger partial charge is 0.340 e. The Kier molecular flexibility index (Phi) is 5.20. The number of carbonyl (C=O) groups is 3. The molecule has 1 saturated heterocycles. The first-order valence-corrected chi connectivity index (χ1v) is 7.49. The van der Waals surface area contributed by atoms with Gasteiger partial charge in [-0.3, -0.25) is 9.59 Å². The monoisotopic (exact) mass is 319 g/mol. The number of likely N-dealkylation sites (tertiary alicyclic amines) is 1. The standard InChI is InChI=1S/C16H21N3O4/c1-10-4-2-6-12(14(10)17)16(22)23-9-13(20)19-7-3-5-11(8-19)15(18)21/h2,4,6,11H,3,5,7-9,17H2,1H3,(H2,18,21)/t11-/m0/s1. The first-order chi connectivity index (χ1) is 10.9. The van der Waals surface area contributed by atoms with E-state index in [2.05, 4.69) is 0 Å². The number of nitrogen functional groups attached to an aromatic ring is 1. The summed E-state index contributed by atoms with van der Waals surface area (Å²) in [5.74, 6) is -1.72. The number of anilines is 1. The molecule has 1 aliphatic heterocycles. The van der Waals surface area contributed by atoms with Crippen molar-refractivity contribution in [1.82, 2.24) is 4.90 Å². The van der Waals surface area contributed by atoms with Crippen molar-refractivity contribution in [3.8, 4) is 0 Å². The Hall–Kier alpha value is -2.57. The number of ether oxygens (including phenoxy) is 1. The Morgan fingerprint density at radius 1 is 1.35 bits per heavy atom. The van der Waals surface area contributed by atoms with Crippen LogP contribution in [0, 0.1) is 12.8 Å². The molecule has 0 spiro atoms. The van der Waals surface area contributed by atoms with Gasteiger partial charge in [0.2, 0.25) is 5.91 Å². The minimum atomic E-state index is -0.636. The minimum Gasteiger partial charge on any atom is -0.452 e. The van der Waals surface area contributed by atoms with Gasteiger partial charge in [0.25, 0.3) is 5.91 Å². The molecule has 2 rings (SSSR count). The van der Waals surface area contributed by atoms with Gasteiger partial charge in [-0.2, -0.15) is 0 Å². The highest BCUT2D eigenvalue weighted by Crippen LogP contribution is 2.18. The number of nitrogens with two attached hydrogens (primary N) is 2. The normalized spacial score (nSPS) is 17.6. The molecule has 1 heterocycles. The van der Waals surface area contributed by atoms with Gasteiger partial charge in [0.1, 0.15) is 0 Å². The molecule has 0 aliphatic carbocycles. The predicted molar refractivity (Wildman–Crippen MR) is 84.4 cm³/mol. The summed E-state index contributed by atoms with van der Waals surface area (Å²) in [4.78, 5) is 36.9. The molecule has 1 aromatic rings. The average molecular weight is 319 g/mol. The molecule has 23 heavy (non-hydrogen) atoms. The number of nitrogens with zero attached hydrogens (tertiary/aromatic N) is 1. The zero-order valence-corrected chi connectivity index (χ0v) is 13.1. The summed E-state index contributed by atoms with van der Waals surface area (Å²) in [7, 11) is 0. The van der Waals surface area contributed by atoms with E-state index in [0.717, 1.165) is 5.56 Å². The number of carbonyl (C=O) groups excluding carboxylic acids is 3. The van der Waals surface area contributed by atoms with Crippen molar-refractivity contribution in [2.45, 2.75) is 19.8 Å². The summed E-state index contributed by atoms with van der Waals surface area (Å²) in [6.45, 7) is 2.22. The largest absolute Gasteiger partial charge is 0.452 e. The van der Waals surface area contributed by atoms with Crippen LogP contribution in [0.5, 0.6) is 0 Å². The zero-order chi connectivity index (χ0) is 17.0. The van der Waals surface area contributed by atoms with E-state index in [9.17, 15) is 14.4 Å². The highest BCUT2D eigenvalue weighted by molar-refractivity contribution is 5.96. The number of hydrogen-bond donors (Lipinski definition) is 2. The third-order valence-electron chi connectivity index (χ3n) is 4.05. The molecule has 0 aromatic heterocycles. The maximum atomic E-state index is 12.1. The van der Waals surface area contributed by atoms with Crippen LogP contribution in [0.25, 0.3) is 0 Å². The fourth-order valence-electron chi connectivity index (χ4n) is 2.59. The van der Waals surface area contributed by atoms with Crippen LogP contribution in [0.2, 0.25) is 0 Å². The number of amides is 2. The number of esters is 1. The second-order valence-corrected chi connectivity index (χ2v) is 5.69. The fraction of sp³-hybridized carbons (Fsp3) is 0.438. The van der Waals surface area contributed by atoms with E-state index in [1.807, 2.05) is 0 Å². The molecule has 7 nitrogen and oxygen atoms in total. The Morgan fingerprint density at radius 2 is 2.09 bits per heavy atom. The van der Waals surface area contributed by atoms with Crippen molar-refractivity contribution >= 4 is 23.5 Å². The van der Waals surface area contributed by atoms with E-state index >= 15 is 0 Å². The lowest BCUT2D eigenvalue weighted by atomic mass is 9.97. The first-order valence-electron chi connectivity index (χ1n) is 7.49. The average Bonchev–Trinajstić information content (AvgIpc) is 2.55. The summed E-state index contributed by atoms with van der Waals surface area (Å²) in [5.41, 5.74) is 12.5. The number of benzene rings is 1. The molecule has 1 aliphatic rings. The maximum absolute atomic E-state index is 12.1. The van der Waals surface area contributed by atoms with E-state index < -0.39 is 11.9 Å². The second-order valence-electron chi connectivity index (χ2n) is 5.69. The number of aryl methyl sites for hydroxylation is 1. The quantitative estimate of drug-likeness (QED) is 0.618. The van der Waals surface area contributed by atoms with Crippen molar-refractivity contribution in [3.63, 3.8) is 0 Å². The third kappa shape index (κ3) is 4.00.